The first-order valence-electron chi connectivity index (χ1n) is 10.9. The zero-order valence-corrected chi connectivity index (χ0v) is 19.7. The molecule has 0 atom stereocenters. The number of halogens is 2. The number of aromatic hydroxyl groups is 1. The molecule has 0 saturated heterocycles. The summed E-state index contributed by atoms with van der Waals surface area (Å²) >= 11 is 6.33. The highest BCUT2D eigenvalue weighted by molar-refractivity contribution is 6.31. The van der Waals surface area contributed by atoms with E-state index in [2.05, 4.69) is 14.9 Å². The number of benzene rings is 2. The fourth-order valence-corrected chi connectivity index (χ4v) is 4.38. The molecule has 9 heteroatoms. The van der Waals surface area contributed by atoms with Gasteiger partial charge in [-0.25, -0.2) is 14.4 Å². The van der Waals surface area contributed by atoms with Crippen molar-refractivity contribution < 1.29 is 9.50 Å². The minimum atomic E-state index is -0.663. The maximum Gasteiger partial charge on any atom is 0.267 e. The molecule has 4 rings (SSSR count). The van der Waals surface area contributed by atoms with E-state index < -0.39 is 11.4 Å². The van der Waals surface area contributed by atoms with Crippen molar-refractivity contribution in [3.05, 3.63) is 81.2 Å². The zero-order chi connectivity index (χ0) is 24.4. The normalized spacial score (nSPS) is 11.5. The molecule has 7 nitrogen and oxygen atoms in total. The Morgan fingerprint density at radius 3 is 2.65 bits per heavy atom. The highest BCUT2D eigenvalue weighted by Gasteiger charge is 2.19. The third-order valence-electron chi connectivity index (χ3n) is 5.67. The number of fused-ring (bicyclic) bond motifs is 1. The number of rotatable bonds is 7. The second kappa shape index (κ2) is 9.89. The van der Waals surface area contributed by atoms with Crippen LogP contribution in [0.2, 0.25) is 5.02 Å². The van der Waals surface area contributed by atoms with Gasteiger partial charge >= 0.3 is 0 Å². The van der Waals surface area contributed by atoms with E-state index in [1.807, 2.05) is 32.0 Å². The van der Waals surface area contributed by atoms with Crippen LogP contribution >= 0.6 is 11.6 Å². The van der Waals surface area contributed by atoms with Crippen molar-refractivity contribution >= 4 is 22.6 Å². The van der Waals surface area contributed by atoms with Crippen molar-refractivity contribution in [1.82, 2.24) is 19.4 Å². The van der Waals surface area contributed by atoms with E-state index in [4.69, 9.17) is 17.3 Å². The Morgan fingerprint density at radius 2 is 1.97 bits per heavy atom. The first-order chi connectivity index (χ1) is 16.3. The third kappa shape index (κ3) is 4.79. The van der Waals surface area contributed by atoms with Crippen LogP contribution in [0.3, 0.4) is 0 Å². The number of likely N-dealkylation sites (N-methyl/N-ethyl adjacent to an activating group) is 1. The third-order valence-corrected chi connectivity index (χ3v) is 5.89. The van der Waals surface area contributed by atoms with Crippen LogP contribution in [-0.4, -0.2) is 44.2 Å². The predicted molar refractivity (Wildman–Crippen MR) is 132 cm³/mol. The van der Waals surface area contributed by atoms with E-state index >= 15 is 0 Å². The number of pyridine rings is 1. The summed E-state index contributed by atoms with van der Waals surface area (Å²) in [6, 6.07) is 9.12. The lowest BCUT2D eigenvalue weighted by atomic mass is 9.97. The number of nitrogens with two attached hydrogens (primary N) is 1. The van der Waals surface area contributed by atoms with Crippen LogP contribution in [0.15, 0.2) is 53.7 Å². The van der Waals surface area contributed by atoms with E-state index in [9.17, 15) is 14.3 Å². The van der Waals surface area contributed by atoms with E-state index in [1.165, 1.54) is 23.0 Å². The van der Waals surface area contributed by atoms with Crippen molar-refractivity contribution in [2.75, 3.05) is 19.6 Å². The molecule has 0 aliphatic rings. The molecule has 4 aromatic rings. The Labute approximate surface area is 201 Å². The molecular weight excluding hydrogens is 457 g/mol. The van der Waals surface area contributed by atoms with Gasteiger partial charge in [-0.15, -0.1) is 0 Å². The van der Waals surface area contributed by atoms with E-state index in [0.29, 0.717) is 30.0 Å². The molecule has 0 saturated carbocycles. The molecule has 2 aromatic heterocycles. The Hall–Kier alpha value is -3.33. The summed E-state index contributed by atoms with van der Waals surface area (Å²) in [6.45, 7) is 6.23. The quantitative estimate of drug-likeness (QED) is 0.413. The van der Waals surface area contributed by atoms with Crippen LogP contribution in [-0.2, 0) is 6.54 Å². The van der Waals surface area contributed by atoms with Gasteiger partial charge in [0.15, 0.2) is 5.65 Å². The Bertz CT molecular complexity index is 1380. The van der Waals surface area contributed by atoms with Crippen molar-refractivity contribution in [3.8, 4) is 22.6 Å². The first kappa shape index (κ1) is 23.8. The zero-order valence-electron chi connectivity index (χ0n) is 18.9. The molecule has 2 heterocycles. The number of nitrogens with zero attached hydrogens (tertiary/aromatic N) is 4. The van der Waals surface area contributed by atoms with Crippen molar-refractivity contribution in [2.24, 2.45) is 5.73 Å². The largest absolute Gasteiger partial charge is 0.508 e. The maximum absolute atomic E-state index is 14.0. The van der Waals surface area contributed by atoms with E-state index in [1.54, 1.807) is 6.20 Å². The van der Waals surface area contributed by atoms with Crippen LogP contribution in [0.5, 0.6) is 5.75 Å². The van der Waals surface area contributed by atoms with Gasteiger partial charge in [0.25, 0.3) is 5.56 Å². The highest BCUT2D eigenvalue weighted by atomic mass is 35.5. The monoisotopic (exact) mass is 481 g/mol. The molecular formula is C25H25ClFN5O2. The molecule has 0 aliphatic carbocycles. The fourth-order valence-electron chi connectivity index (χ4n) is 4.09. The summed E-state index contributed by atoms with van der Waals surface area (Å²) in [7, 11) is 0. The van der Waals surface area contributed by atoms with Crippen molar-refractivity contribution in [3.63, 3.8) is 0 Å². The van der Waals surface area contributed by atoms with Crippen LogP contribution in [0, 0.1) is 12.7 Å². The van der Waals surface area contributed by atoms with Gasteiger partial charge in [-0.3, -0.25) is 14.3 Å². The van der Waals surface area contributed by atoms with Gasteiger partial charge in [0.2, 0.25) is 0 Å². The number of phenols is 1. The Kier molecular flexibility index (Phi) is 6.92. The molecule has 0 radical (unpaired) electrons. The SMILES string of the molecule is CCN(CCN)Cc1c(-c2cc(C)cc(Cl)c2)cnc2ncn(-c3cc(O)cc(F)c3)c(=O)c12. The molecule has 0 aliphatic heterocycles. The van der Waals surface area contributed by atoms with Crippen LogP contribution in [0.25, 0.3) is 27.8 Å². The number of hydrogen-bond acceptors (Lipinski definition) is 6. The van der Waals surface area contributed by atoms with Crippen LogP contribution in [0.4, 0.5) is 4.39 Å². The van der Waals surface area contributed by atoms with Gasteiger partial charge in [0, 0.05) is 48.5 Å². The lowest BCUT2D eigenvalue weighted by Gasteiger charge is -2.22. The maximum atomic E-state index is 14.0. The minimum absolute atomic E-state index is 0.168. The second-order valence-corrected chi connectivity index (χ2v) is 8.55. The summed E-state index contributed by atoms with van der Waals surface area (Å²) in [4.78, 5) is 24.7. The molecule has 0 fully saturated rings. The average molecular weight is 482 g/mol. The van der Waals surface area contributed by atoms with Gasteiger partial charge in [0.05, 0.1) is 11.1 Å². The smallest absolute Gasteiger partial charge is 0.267 e. The summed E-state index contributed by atoms with van der Waals surface area (Å²) in [5.74, 6) is -0.952. The summed E-state index contributed by atoms with van der Waals surface area (Å²) in [6.07, 6.45) is 2.99. The van der Waals surface area contributed by atoms with Crippen molar-refractivity contribution in [1.29, 1.82) is 0 Å². The summed E-state index contributed by atoms with van der Waals surface area (Å²) in [5, 5.41) is 10.7. The predicted octanol–water partition coefficient (Wildman–Crippen LogP) is 4.03. The molecule has 3 N–H and O–H groups in total. The molecule has 34 heavy (non-hydrogen) atoms. The molecule has 0 amide bonds. The van der Waals surface area contributed by atoms with Crippen LogP contribution < -0.4 is 11.3 Å². The summed E-state index contributed by atoms with van der Waals surface area (Å²) in [5.41, 5.74) is 9.13. The Morgan fingerprint density at radius 1 is 1.18 bits per heavy atom. The lowest BCUT2D eigenvalue weighted by Crippen LogP contribution is -2.30. The van der Waals surface area contributed by atoms with E-state index in [-0.39, 0.29) is 17.1 Å². The molecule has 0 unspecified atom stereocenters. The summed E-state index contributed by atoms with van der Waals surface area (Å²) < 4.78 is 15.2. The average Bonchev–Trinajstić information content (AvgIpc) is 2.77. The van der Waals surface area contributed by atoms with Gasteiger partial charge in [0.1, 0.15) is 17.9 Å². The topological polar surface area (TPSA) is 97.3 Å². The number of phenolic OH excluding ortho intramolecular Hbond substituents is 1. The van der Waals surface area contributed by atoms with Gasteiger partial charge < -0.3 is 10.8 Å². The molecule has 0 bridgehead atoms. The first-order valence-corrected chi connectivity index (χ1v) is 11.3. The van der Waals surface area contributed by atoms with Gasteiger partial charge in [-0.05, 0) is 48.4 Å². The highest BCUT2D eigenvalue weighted by Crippen LogP contribution is 2.31. The number of aryl methyl sites for hydroxylation is 1. The van der Waals surface area contributed by atoms with Crippen LogP contribution in [0.1, 0.15) is 18.1 Å². The number of hydrogen-bond donors (Lipinski definition) is 2. The van der Waals surface area contributed by atoms with E-state index in [0.717, 1.165) is 34.9 Å². The standard InChI is InChI=1S/C25H25ClFN5O2/c1-3-31(5-4-28)13-22-21(16-6-15(2)7-17(26)8-16)12-29-24-23(22)25(34)32(14-30-24)19-9-18(27)10-20(33)11-19/h6-12,14,33H,3-5,13,28H2,1-2H3. The van der Waals surface area contributed by atoms with Gasteiger partial charge in [-0.1, -0.05) is 24.6 Å². The van der Waals surface area contributed by atoms with Crippen molar-refractivity contribution in [2.45, 2.75) is 20.4 Å². The molecule has 2 aromatic carbocycles. The molecule has 176 valence electrons. The Balaban J connectivity index is 2.03. The minimum Gasteiger partial charge on any atom is -0.508 e. The number of aromatic nitrogens is 3. The second-order valence-electron chi connectivity index (χ2n) is 8.11. The lowest BCUT2D eigenvalue weighted by molar-refractivity contribution is 0.289. The fraction of sp³-hybridized carbons (Fsp3) is 0.240. The van der Waals surface area contributed by atoms with Gasteiger partial charge in [-0.2, -0.15) is 0 Å². The molecule has 0 spiro atoms.